The number of nitrogens with zero attached hydrogens (tertiary/aromatic N) is 2. The summed E-state index contributed by atoms with van der Waals surface area (Å²) in [4.78, 5) is 18.8. The van der Waals surface area contributed by atoms with Crippen LogP contribution in [0.1, 0.15) is 5.56 Å². The lowest BCUT2D eigenvalue weighted by molar-refractivity contribution is 0.122. The van der Waals surface area contributed by atoms with E-state index in [0.717, 1.165) is 37.6 Å². The molecule has 0 spiro atoms. The third-order valence-electron chi connectivity index (χ3n) is 5.72. The summed E-state index contributed by atoms with van der Waals surface area (Å²) in [6.45, 7) is 3.52. The summed E-state index contributed by atoms with van der Waals surface area (Å²) < 4.78 is 36.7. The fourth-order valence-corrected chi connectivity index (χ4v) is 6.78. The molecule has 2 N–H and O–H groups in total. The Morgan fingerprint density at radius 3 is 2.47 bits per heavy atom. The quantitative estimate of drug-likeness (QED) is 0.271. The molecule has 13 heteroatoms. The second-order valence-corrected chi connectivity index (χ2v) is 11.6. The third kappa shape index (κ3) is 6.13. The Labute approximate surface area is 233 Å². The number of thiazole rings is 1. The Balaban J connectivity index is 1.20. The molecule has 5 rings (SSSR count). The number of urea groups is 1. The molecule has 2 amide bonds. The molecule has 0 atom stereocenters. The van der Waals surface area contributed by atoms with Crippen LogP contribution >= 0.6 is 34.5 Å². The van der Waals surface area contributed by atoms with Crippen LogP contribution in [0.15, 0.2) is 65.6 Å². The first-order chi connectivity index (χ1) is 18.3. The predicted octanol–water partition coefficient (Wildman–Crippen LogP) is 5.53. The van der Waals surface area contributed by atoms with E-state index in [4.69, 9.17) is 32.1 Å². The van der Waals surface area contributed by atoms with Gasteiger partial charge in [-0.1, -0.05) is 52.7 Å². The van der Waals surface area contributed by atoms with Crippen LogP contribution in [0.3, 0.4) is 0 Å². The zero-order chi connectivity index (χ0) is 26.7. The number of anilines is 2. The number of fused-ring (bicyclic) bond motifs is 1. The van der Waals surface area contributed by atoms with Gasteiger partial charge in [-0.25, -0.2) is 9.78 Å². The summed E-state index contributed by atoms with van der Waals surface area (Å²) in [5, 5.41) is 5.81. The number of morpholine rings is 1. The van der Waals surface area contributed by atoms with Crippen LogP contribution in [0.2, 0.25) is 10.0 Å². The largest absolute Gasteiger partial charge is 0.379 e. The molecule has 1 fully saturated rings. The van der Waals surface area contributed by atoms with Crippen LogP contribution in [-0.2, 0) is 21.4 Å². The molecule has 38 heavy (non-hydrogen) atoms. The van der Waals surface area contributed by atoms with Crippen LogP contribution in [0.4, 0.5) is 15.6 Å². The molecule has 4 aromatic rings. The van der Waals surface area contributed by atoms with Gasteiger partial charge in [0.15, 0.2) is 5.13 Å². The van der Waals surface area contributed by atoms with Gasteiger partial charge in [-0.05, 0) is 42.0 Å². The van der Waals surface area contributed by atoms with Gasteiger partial charge in [-0.15, -0.1) is 0 Å². The lowest BCUT2D eigenvalue weighted by Gasteiger charge is -2.28. The van der Waals surface area contributed by atoms with Gasteiger partial charge in [0.05, 0.1) is 33.5 Å². The standard InChI is InChI=1S/C25H22Cl2N4O5S2/c26-19-2-1-3-20(27)23(19)38(33,34)36-18-8-9-21-22(14-18)37-25(29-21)30-24(32)28-15-16-4-6-17(7-5-16)31-10-12-35-13-11-31/h1-9,14H,10-13,15H2,(H2,28,29,30,32). The zero-order valence-corrected chi connectivity index (χ0v) is 23.0. The van der Waals surface area contributed by atoms with Crippen molar-refractivity contribution < 1.29 is 22.1 Å². The molecule has 3 aromatic carbocycles. The molecule has 0 saturated carbocycles. The van der Waals surface area contributed by atoms with Crippen molar-refractivity contribution in [2.75, 3.05) is 36.5 Å². The van der Waals surface area contributed by atoms with Crippen molar-refractivity contribution in [3.8, 4) is 5.75 Å². The number of ether oxygens (including phenoxy) is 1. The monoisotopic (exact) mass is 592 g/mol. The minimum absolute atomic E-state index is 0.0399. The molecule has 198 valence electrons. The topological polar surface area (TPSA) is 110 Å². The first-order valence-corrected chi connectivity index (χ1v) is 14.5. The highest BCUT2D eigenvalue weighted by Crippen LogP contribution is 2.34. The molecule has 1 aliphatic heterocycles. The van der Waals surface area contributed by atoms with E-state index in [1.165, 1.54) is 35.6 Å². The molecule has 1 saturated heterocycles. The maximum atomic E-state index is 12.7. The van der Waals surface area contributed by atoms with Crippen LogP contribution in [-0.4, -0.2) is 45.7 Å². The van der Waals surface area contributed by atoms with E-state index >= 15 is 0 Å². The van der Waals surface area contributed by atoms with E-state index in [2.05, 4.69) is 20.5 Å². The van der Waals surface area contributed by atoms with E-state index in [1.54, 1.807) is 12.1 Å². The van der Waals surface area contributed by atoms with Crippen molar-refractivity contribution in [3.63, 3.8) is 0 Å². The molecule has 2 heterocycles. The lowest BCUT2D eigenvalue weighted by atomic mass is 10.2. The number of hydrogen-bond donors (Lipinski definition) is 2. The third-order valence-corrected chi connectivity index (χ3v) is 8.86. The smallest absolute Gasteiger partial charge is 0.342 e. The van der Waals surface area contributed by atoms with E-state index in [1.807, 2.05) is 24.3 Å². The number of aromatic nitrogens is 1. The first-order valence-electron chi connectivity index (χ1n) is 11.5. The molecule has 0 aliphatic carbocycles. The second kappa shape index (κ2) is 11.3. The normalized spacial score (nSPS) is 13.9. The maximum absolute atomic E-state index is 12.7. The van der Waals surface area contributed by atoms with Gasteiger partial charge < -0.3 is 19.1 Å². The molecule has 1 aromatic heterocycles. The summed E-state index contributed by atoms with van der Waals surface area (Å²) in [6.07, 6.45) is 0. The Kier molecular flexibility index (Phi) is 7.91. The Hall–Kier alpha value is -3.09. The Morgan fingerprint density at radius 2 is 1.76 bits per heavy atom. The molecule has 1 aliphatic rings. The number of hydrogen-bond acceptors (Lipinski definition) is 8. The van der Waals surface area contributed by atoms with Crippen molar-refractivity contribution in [2.45, 2.75) is 11.4 Å². The number of benzene rings is 3. The number of rotatable bonds is 7. The number of halogens is 2. The molecular weight excluding hydrogens is 571 g/mol. The summed E-state index contributed by atoms with van der Waals surface area (Å²) in [5.41, 5.74) is 2.66. The summed E-state index contributed by atoms with van der Waals surface area (Å²) in [7, 11) is -4.27. The zero-order valence-electron chi connectivity index (χ0n) is 19.8. The molecule has 0 bridgehead atoms. The fourth-order valence-electron chi connectivity index (χ4n) is 3.87. The van der Waals surface area contributed by atoms with Gasteiger partial charge in [-0.3, -0.25) is 5.32 Å². The number of carbonyl (C=O) groups excluding carboxylic acids is 1. The Morgan fingerprint density at radius 1 is 1.05 bits per heavy atom. The highest BCUT2D eigenvalue weighted by atomic mass is 35.5. The van der Waals surface area contributed by atoms with Crippen LogP contribution in [0, 0.1) is 0 Å². The van der Waals surface area contributed by atoms with Crippen LogP contribution in [0.25, 0.3) is 10.2 Å². The fraction of sp³-hybridized carbons (Fsp3) is 0.200. The number of carbonyl (C=O) groups is 1. The van der Waals surface area contributed by atoms with Crippen molar-refractivity contribution in [2.24, 2.45) is 0 Å². The second-order valence-electron chi connectivity index (χ2n) is 8.31. The summed E-state index contributed by atoms with van der Waals surface area (Å²) in [6, 6.07) is 16.6. The maximum Gasteiger partial charge on any atom is 0.342 e. The van der Waals surface area contributed by atoms with E-state index in [9.17, 15) is 13.2 Å². The average molecular weight is 594 g/mol. The summed E-state index contributed by atoms with van der Waals surface area (Å²) in [5.74, 6) is 0.0636. The van der Waals surface area contributed by atoms with Crippen molar-refractivity contribution in [1.82, 2.24) is 10.3 Å². The van der Waals surface area contributed by atoms with Crippen molar-refractivity contribution in [1.29, 1.82) is 0 Å². The summed E-state index contributed by atoms with van der Waals surface area (Å²) >= 11 is 13.2. The SMILES string of the molecule is O=C(NCc1ccc(N2CCOCC2)cc1)Nc1nc2ccc(OS(=O)(=O)c3c(Cl)cccc3Cl)cc2s1. The molecule has 9 nitrogen and oxygen atoms in total. The molecule has 0 radical (unpaired) electrons. The Bertz CT molecular complexity index is 1550. The van der Waals surface area contributed by atoms with Gasteiger partial charge in [-0.2, -0.15) is 8.42 Å². The van der Waals surface area contributed by atoms with Crippen LogP contribution < -0.4 is 19.7 Å². The van der Waals surface area contributed by atoms with Gasteiger partial charge >= 0.3 is 16.1 Å². The van der Waals surface area contributed by atoms with Gasteiger partial charge in [0, 0.05) is 31.4 Å². The van der Waals surface area contributed by atoms with Gasteiger partial charge in [0.25, 0.3) is 0 Å². The average Bonchev–Trinajstić information content (AvgIpc) is 3.29. The van der Waals surface area contributed by atoms with Gasteiger partial charge in [0.2, 0.25) is 0 Å². The highest BCUT2D eigenvalue weighted by molar-refractivity contribution is 7.87. The van der Waals surface area contributed by atoms with E-state index in [-0.39, 0.29) is 20.7 Å². The van der Waals surface area contributed by atoms with Crippen molar-refractivity contribution >= 4 is 71.7 Å². The van der Waals surface area contributed by atoms with Crippen molar-refractivity contribution in [3.05, 3.63) is 76.3 Å². The van der Waals surface area contributed by atoms with E-state index < -0.39 is 16.1 Å². The first kappa shape index (κ1) is 26.5. The van der Waals surface area contributed by atoms with Gasteiger partial charge in [0.1, 0.15) is 10.6 Å². The minimum Gasteiger partial charge on any atom is -0.379 e. The highest BCUT2D eigenvalue weighted by Gasteiger charge is 2.24. The van der Waals surface area contributed by atoms with E-state index in [0.29, 0.717) is 21.9 Å². The number of amides is 2. The number of nitrogens with one attached hydrogen (secondary N) is 2. The minimum atomic E-state index is -4.27. The lowest BCUT2D eigenvalue weighted by Crippen LogP contribution is -2.36. The molecular formula is C25H22Cl2N4O5S2. The molecule has 0 unspecified atom stereocenters. The van der Waals surface area contributed by atoms with Crippen LogP contribution in [0.5, 0.6) is 5.75 Å². The predicted molar refractivity (Wildman–Crippen MR) is 149 cm³/mol.